The number of nitrogens with two attached hydrogens (primary N) is 1. The van der Waals surface area contributed by atoms with Crippen molar-refractivity contribution in [3.8, 4) is 0 Å². The number of aliphatic hydroxyl groups is 1. The number of rotatable bonds is 2. The van der Waals surface area contributed by atoms with Crippen molar-refractivity contribution in [2.75, 3.05) is 13.2 Å². The van der Waals surface area contributed by atoms with Crippen LogP contribution in [0.2, 0.25) is 0 Å². The van der Waals surface area contributed by atoms with Gasteiger partial charge >= 0.3 is 0 Å². The lowest BCUT2D eigenvalue weighted by atomic mass is 9.78. The van der Waals surface area contributed by atoms with Gasteiger partial charge in [0.05, 0.1) is 6.61 Å². The van der Waals surface area contributed by atoms with Crippen molar-refractivity contribution in [1.82, 2.24) is 0 Å². The van der Waals surface area contributed by atoms with Gasteiger partial charge in [-0.15, -0.1) is 12.4 Å². The molecule has 3 N–H and O–H groups in total. The highest BCUT2D eigenvalue weighted by molar-refractivity contribution is 5.85. The number of halogens is 1. The second-order valence-corrected chi connectivity index (χ2v) is 3.08. The fourth-order valence-corrected chi connectivity index (χ4v) is 1.34. The summed E-state index contributed by atoms with van der Waals surface area (Å²) in [6.45, 7) is 0.835. The molecule has 66 valence electrons. The van der Waals surface area contributed by atoms with Crippen molar-refractivity contribution >= 4 is 12.4 Å². The lowest BCUT2D eigenvalue weighted by Crippen LogP contribution is -2.34. The molecule has 0 amide bonds. The molecule has 0 aromatic carbocycles. The van der Waals surface area contributed by atoms with Gasteiger partial charge in [0.2, 0.25) is 0 Å². The van der Waals surface area contributed by atoms with E-state index in [-0.39, 0.29) is 24.4 Å². The van der Waals surface area contributed by atoms with Gasteiger partial charge < -0.3 is 10.8 Å². The van der Waals surface area contributed by atoms with Gasteiger partial charge in [0.25, 0.3) is 0 Å². The quantitative estimate of drug-likeness (QED) is 0.621. The molecule has 3 heteroatoms. The van der Waals surface area contributed by atoms with Gasteiger partial charge in [0, 0.05) is 12.0 Å². The third-order valence-electron chi connectivity index (χ3n) is 2.33. The highest BCUT2D eigenvalue weighted by atomic mass is 35.5. The van der Waals surface area contributed by atoms with Gasteiger partial charge in [-0.05, 0) is 19.3 Å². The van der Waals surface area contributed by atoms with Gasteiger partial charge in [-0.25, -0.2) is 0 Å². The molecule has 1 aliphatic carbocycles. The van der Waals surface area contributed by atoms with Gasteiger partial charge in [-0.3, -0.25) is 0 Å². The Morgan fingerprint density at radius 3 is 2.45 bits per heavy atom. The zero-order valence-electron chi connectivity index (χ0n) is 6.62. The molecule has 0 aliphatic heterocycles. The van der Waals surface area contributed by atoms with Crippen molar-refractivity contribution < 1.29 is 5.11 Å². The Morgan fingerprint density at radius 1 is 1.45 bits per heavy atom. The van der Waals surface area contributed by atoms with Crippen LogP contribution >= 0.6 is 12.4 Å². The summed E-state index contributed by atoms with van der Waals surface area (Å²) in [7, 11) is 0. The van der Waals surface area contributed by atoms with E-state index in [0.717, 1.165) is 19.3 Å². The second kappa shape index (κ2) is 4.75. The molecule has 1 unspecified atom stereocenters. The van der Waals surface area contributed by atoms with Gasteiger partial charge in [0.1, 0.15) is 0 Å². The van der Waals surface area contributed by atoms with E-state index in [1.165, 1.54) is 0 Å². The van der Waals surface area contributed by atoms with E-state index >= 15 is 0 Å². The summed E-state index contributed by atoms with van der Waals surface area (Å²) >= 11 is 0. The first kappa shape index (κ1) is 11.0. The molecule has 0 bridgehead atoms. The zero-order valence-corrected chi connectivity index (χ0v) is 7.44. The van der Waals surface area contributed by atoms with Crippen LogP contribution in [0, 0.1) is 5.41 Å². The molecule has 2 nitrogen and oxygen atoms in total. The van der Waals surface area contributed by atoms with E-state index in [4.69, 9.17) is 10.8 Å². The van der Waals surface area contributed by atoms with Crippen molar-refractivity contribution in [2.45, 2.75) is 19.3 Å². The third kappa shape index (κ3) is 2.47. The van der Waals surface area contributed by atoms with Crippen LogP contribution in [0.5, 0.6) is 0 Å². The van der Waals surface area contributed by atoms with Crippen LogP contribution < -0.4 is 5.73 Å². The van der Waals surface area contributed by atoms with Crippen molar-refractivity contribution in [1.29, 1.82) is 0 Å². The van der Waals surface area contributed by atoms with Crippen LogP contribution in [0.4, 0.5) is 0 Å². The van der Waals surface area contributed by atoms with E-state index in [0.29, 0.717) is 6.54 Å². The van der Waals surface area contributed by atoms with Gasteiger partial charge in [-0.1, -0.05) is 12.2 Å². The fourth-order valence-electron chi connectivity index (χ4n) is 1.34. The first-order chi connectivity index (χ1) is 4.83. The summed E-state index contributed by atoms with van der Waals surface area (Å²) in [5.74, 6) is 0. The molecule has 11 heavy (non-hydrogen) atoms. The van der Waals surface area contributed by atoms with Crippen LogP contribution in [0.15, 0.2) is 12.2 Å². The molecule has 0 radical (unpaired) electrons. The molecule has 0 spiro atoms. The highest BCUT2D eigenvalue weighted by Gasteiger charge is 2.27. The third-order valence-corrected chi connectivity index (χ3v) is 2.33. The Hall–Kier alpha value is -0.0500. The lowest BCUT2D eigenvalue weighted by molar-refractivity contribution is 0.121. The normalized spacial score (nSPS) is 29.6. The Bertz CT molecular complexity index is 132. The predicted molar refractivity (Wildman–Crippen MR) is 48.8 cm³/mol. The maximum Gasteiger partial charge on any atom is 0.0502 e. The number of hydrogen-bond acceptors (Lipinski definition) is 2. The maximum absolute atomic E-state index is 9.03. The minimum Gasteiger partial charge on any atom is -0.396 e. The Balaban J connectivity index is 0.000001000. The molecule has 1 rings (SSSR count). The van der Waals surface area contributed by atoms with E-state index in [9.17, 15) is 0 Å². The summed E-state index contributed by atoms with van der Waals surface area (Å²) in [6.07, 6.45) is 7.32. The largest absolute Gasteiger partial charge is 0.396 e. The number of hydrogen-bond donors (Lipinski definition) is 2. The minimum absolute atomic E-state index is 0. The molecule has 0 saturated heterocycles. The zero-order chi connectivity index (χ0) is 7.45. The first-order valence-corrected chi connectivity index (χ1v) is 3.79. The average Bonchev–Trinajstić information content (AvgIpc) is 2.06. The first-order valence-electron chi connectivity index (χ1n) is 3.79. The van der Waals surface area contributed by atoms with E-state index < -0.39 is 0 Å². The standard InChI is InChI=1S/C8H15NO.ClH/c9-6-8(7-10)4-2-1-3-5-8;/h1-2,10H,3-7,9H2;1H. The summed E-state index contributed by atoms with van der Waals surface area (Å²) < 4.78 is 0. The molecule has 1 aliphatic rings. The highest BCUT2D eigenvalue weighted by Crippen LogP contribution is 2.30. The lowest BCUT2D eigenvalue weighted by Gasteiger charge is -2.31. The Kier molecular flexibility index (Phi) is 4.73. The molecule has 0 aromatic rings. The minimum atomic E-state index is 0. The molecule has 0 heterocycles. The van der Waals surface area contributed by atoms with E-state index in [2.05, 4.69) is 12.2 Å². The molecule has 0 aromatic heterocycles. The summed E-state index contributed by atoms with van der Waals surface area (Å²) in [5.41, 5.74) is 5.56. The second-order valence-electron chi connectivity index (χ2n) is 3.08. The van der Waals surface area contributed by atoms with Crippen LogP contribution in [0.1, 0.15) is 19.3 Å². The monoisotopic (exact) mass is 177 g/mol. The number of aliphatic hydroxyl groups excluding tert-OH is 1. The summed E-state index contributed by atoms with van der Waals surface area (Å²) in [4.78, 5) is 0. The molecular formula is C8H16ClNO. The maximum atomic E-state index is 9.03. The van der Waals surface area contributed by atoms with Crippen LogP contribution in [-0.2, 0) is 0 Å². The smallest absolute Gasteiger partial charge is 0.0502 e. The molecule has 0 saturated carbocycles. The topological polar surface area (TPSA) is 46.2 Å². The average molecular weight is 178 g/mol. The summed E-state index contributed by atoms with van der Waals surface area (Å²) in [5, 5.41) is 9.03. The van der Waals surface area contributed by atoms with Gasteiger partial charge in [0.15, 0.2) is 0 Å². The predicted octanol–water partition coefficient (Wildman–Crippen LogP) is 1.09. The Morgan fingerprint density at radius 2 is 2.18 bits per heavy atom. The van der Waals surface area contributed by atoms with Crippen molar-refractivity contribution in [3.63, 3.8) is 0 Å². The van der Waals surface area contributed by atoms with E-state index in [1.54, 1.807) is 0 Å². The fraction of sp³-hybridized carbons (Fsp3) is 0.750. The molecular weight excluding hydrogens is 162 g/mol. The van der Waals surface area contributed by atoms with Crippen LogP contribution in [-0.4, -0.2) is 18.3 Å². The SMILES string of the molecule is Cl.NCC1(CO)CC=CCC1. The molecule has 0 fully saturated rings. The Labute approximate surface area is 73.9 Å². The van der Waals surface area contributed by atoms with E-state index in [1.807, 2.05) is 0 Å². The van der Waals surface area contributed by atoms with Crippen LogP contribution in [0.3, 0.4) is 0 Å². The van der Waals surface area contributed by atoms with Gasteiger partial charge in [-0.2, -0.15) is 0 Å². The summed E-state index contributed by atoms with van der Waals surface area (Å²) in [6, 6.07) is 0. The van der Waals surface area contributed by atoms with Crippen molar-refractivity contribution in [2.24, 2.45) is 11.1 Å². The van der Waals surface area contributed by atoms with Crippen LogP contribution in [0.25, 0.3) is 0 Å². The number of allylic oxidation sites excluding steroid dienone is 2. The van der Waals surface area contributed by atoms with Crippen molar-refractivity contribution in [3.05, 3.63) is 12.2 Å². The molecule has 1 atom stereocenters.